The number of methoxy groups -OCH3 is 1. The summed E-state index contributed by atoms with van der Waals surface area (Å²) in [5.41, 5.74) is 0. The number of hydrogen-bond donors (Lipinski definition) is 0. The van der Waals surface area contributed by atoms with Crippen molar-refractivity contribution < 1.29 is 18.7 Å². The van der Waals surface area contributed by atoms with E-state index in [2.05, 4.69) is 11.9 Å². The maximum atomic E-state index is 12.8. The fraction of sp³-hybridized carbons (Fsp3) is 0.588. The topological polar surface area (TPSA) is 42.0 Å². The maximum absolute atomic E-state index is 12.8. The number of halogens is 1. The van der Waals surface area contributed by atoms with Crippen LogP contribution >= 0.6 is 0 Å². The summed E-state index contributed by atoms with van der Waals surface area (Å²) in [6.45, 7) is 1.87. The lowest BCUT2D eigenvalue weighted by Crippen LogP contribution is -2.39. The van der Waals surface area contributed by atoms with Gasteiger partial charge in [0.25, 0.3) is 0 Å². The molecule has 0 spiro atoms. The SMILES string of the molecule is CO[C@H]1C[C@@H](CN(C)C(=O)CCOc2ccc(F)cc2)N(C)C1. The second kappa shape index (κ2) is 8.26. The molecule has 1 aliphatic heterocycles. The average molecular weight is 324 g/mol. The van der Waals surface area contributed by atoms with Crippen molar-refractivity contribution in [2.45, 2.75) is 25.0 Å². The molecule has 1 aliphatic rings. The van der Waals surface area contributed by atoms with Gasteiger partial charge in [-0.1, -0.05) is 0 Å². The molecule has 2 rings (SSSR count). The Morgan fingerprint density at radius 2 is 2.09 bits per heavy atom. The zero-order valence-electron chi connectivity index (χ0n) is 14.0. The minimum absolute atomic E-state index is 0.0429. The third kappa shape index (κ3) is 5.18. The Kier molecular flexibility index (Phi) is 6.36. The van der Waals surface area contributed by atoms with Crippen molar-refractivity contribution in [2.75, 3.05) is 40.9 Å². The highest BCUT2D eigenvalue weighted by atomic mass is 19.1. The van der Waals surface area contributed by atoms with Gasteiger partial charge in [0.15, 0.2) is 0 Å². The molecule has 23 heavy (non-hydrogen) atoms. The lowest BCUT2D eigenvalue weighted by Gasteiger charge is -2.25. The second-order valence-electron chi connectivity index (χ2n) is 6.01. The molecule has 0 N–H and O–H groups in total. The summed E-state index contributed by atoms with van der Waals surface area (Å²) in [5, 5.41) is 0. The standard InChI is InChI=1S/C17H25FN2O3/c1-19-12-16(22-3)10-14(19)11-20(2)17(21)8-9-23-15-6-4-13(18)5-7-15/h4-7,14,16H,8-12H2,1-3H3/t14-,16-/m0/s1. The van der Waals surface area contributed by atoms with Gasteiger partial charge in [-0.3, -0.25) is 9.69 Å². The summed E-state index contributed by atoms with van der Waals surface area (Å²) in [7, 11) is 5.59. The molecule has 1 saturated heterocycles. The van der Waals surface area contributed by atoms with E-state index in [1.807, 2.05) is 7.05 Å². The van der Waals surface area contributed by atoms with Gasteiger partial charge in [-0.15, -0.1) is 0 Å². The number of ether oxygens (including phenoxy) is 2. The van der Waals surface area contributed by atoms with Crippen molar-refractivity contribution in [3.63, 3.8) is 0 Å². The minimum atomic E-state index is -0.303. The summed E-state index contributed by atoms with van der Waals surface area (Å²) in [4.78, 5) is 16.1. The number of nitrogens with zero attached hydrogens (tertiary/aromatic N) is 2. The van der Waals surface area contributed by atoms with Crippen LogP contribution in [0, 0.1) is 5.82 Å². The number of carbonyl (C=O) groups excluding carboxylic acids is 1. The molecule has 5 nitrogen and oxygen atoms in total. The van der Waals surface area contributed by atoms with E-state index in [-0.39, 0.29) is 24.4 Å². The van der Waals surface area contributed by atoms with Crippen LogP contribution in [-0.4, -0.2) is 68.8 Å². The van der Waals surface area contributed by atoms with Crippen LogP contribution in [0.2, 0.25) is 0 Å². The van der Waals surface area contributed by atoms with Crippen molar-refractivity contribution in [1.29, 1.82) is 0 Å². The zero-order valence-corrected chi connectivity index (χ0v) is 14.0. The third-order valence-electron chi connectivity index (χ3n) is 4.29. The molecule has 1 aromatic rings. The van der Waals surface area contributed by atoms with Crippen LogP contribution in [0.1, 0.15) is 12.8 Å². The predicted molar refractivity (Wildman–Crippen MR) is 86.0 cm³/mol. The van der Waals surface area contributed by atoms with Crippen molar-refractivity contribution >= 4 is 5.91 Å². The summed E-state index contributed by atoms with van der Waals surface area (Å²) in [6.07, 6.45) is 1.49. The molecule has 2 atom stereocenters. The molecule has 6 heteroatoms. The summed E-state index contributed by atoms with van der Waals surface area (Å²) >= 11 is 0. The van der Waals surface area contributed by atoms with E-state index in [9.17, 15) is 9.18 Å². The lowest BCUT2D eigenvalue weighted by atomic mass is 10.2. The van der Waals surface area contributed by atoms with Crippen LogP contribution in [0.4, 0.5) is 4.39 Å². The van der Waals surface area contributed by atoms with E-state index in [4.69, 9.17) is 9.47 Å². The van der Waals surface area contributed by atoms with Gasteiger partial charge >= 0.3 is 0 Å². The van der Waals surface area contributed by atoms with Gasteiger partial charge in [0, 0.05) is 33.3 Å². The first-order valence-corrected chi connectivity index (χ1v) is 7.85. The van der Waals surface area contributed by atoms with Crippen LogP contribution in [-0.2, 0) is 9.53 Å². The molecule has 1 amide bonds. The lowest BCUT2D eigenvalue weighted by molar-refractivity contribution is -0.131. The molecule has 128 valence electrons. The molecule has 0 unspecified atom stereocenters. The smallest absolute Gasteiger partial charge is 0.225 e. The van der Waals surface area contributed by atoms with E-state index in [0.717, 1.165) is 13.0 Å². The van der Waals surface area contributed by atoms with Gasteiger partial charge in [0.1, 0.15) is 11.6 Å². The summed E-state index contributed by atoms with van der Waals surface area (Å²) in [6, 6.07) is 6.12. The van der Waals surface area contributed by atoms with Gasteiger partial charge in [0.05, 0.1) is 19.1 Å². The van der Waals surface area contributed by atoms with E-state index in [1.165, 1.54) is 12.1 Å². The molecular formula is C17H25FN2O3. The Labute approximate surface area is 137 Å². The van der Waals surface area contributed by atoms with Gasteiger partial charge in [0.2, 0.25) is 5.91 Å². The first-order valence-electron chi connectivity index (χ1n) is 7.85. The van der Waals surface area contributed by atoms with E-state index < -0.39 is 0 Å². The Morgan fingerprint density at radius 3 is 2.70 bits per heavy atom. The Morgan fingerprint density at radius 1 is 1.39 bits per heavy atom. The van der Waals surface area contributed by atoms with E-state index >= 15 is 0 Å². The molecular weight excluding hydrogens is 299 g/mol. The van der Waals surface area contributed by atoms with Gasteiger partial charge in [-0.2, -0.15) is 0 Å². The van der Waals surface area contributed by atoms with Gasteiger partial charge in [-0.25, -0.2) is 4.39 Å². The van der Waals surface area contributed by atoms with Gasteiger partial charge in [-0.05, 0) is 37.7 Å². The van der Waals surface area contributed by atoms with E-state index in [0.29, 0.717) is 24.8 Å². The summed E-state index contributed by atoms with van der Waals surface area (Å²) < 4.78 is 23.6. The largest absolute Gasteiger partial charge is 0.493 e. The predicted octanol–water partition coefficient (Wildman–Crippen LogP) is 1.77. The first kappa shape index (κ1) is 17.7. The molecule has 0 radical (unpaired) electrons. The normalized spacial score (nSPS) is 21.4. The number of likely N-dealkylation sites (N-methyl/N-ethyl adjacent to an activating group) is 2. The first-order chi connectivity index (χ1) is 11.0. The van der Waals surface area contributed by atoms with Crippen LogP contribution in [0.25, 0.3) is 0 Å². The fourth-order valence-corrected chi connectivity index (χ4v) is 2.81. The molecule has 1 fully saturated rings. The molecule has 0 aliphatic carbocycles. The highest BCUT2D eigenvalue weighted by molar-refractivity contribution is 5.76. The number of hydrogen-bond acceptors (Lipinski definition) is 4. The molecule has 1 heterocycles. The monoisotopic (exact) mass is 324 g/mol. The van der Waals surface area contributed by atoms with Gasteiger partial charge < -0.3 is 14.4 Å². The number of amides is 1. The second-order valence-corrected chi connectivity index (χ2v) is 6.01. The van der Waals surface area contributed by atoms with Crippen molar-refractivity contribution in [3.8, 4) is 5.75 Å². The highest BCUT2D eigenvalue weighted by Crippen LogP contribution is 2.19. The molecule has 0 bridgehead atoms. The fourth-order valence-electron chi connectivity index (χ4n) is 2.81. The van der Waals surface area contributed by atoms with E-state index in [1.54, 1.807) is 24.1 Å². The zero-order chi connectivity index (χ0) is 16.8. The highest BCUT2D eigenvalue weighted by Gasteiger charge is 2.30. The average Bonchev–Trinajstić information content (AvgIpc) is 2.89. The molecule has 1 aromatic carbocycles. The van der Waals surface area contributed by atoms with Crippen molar-refractivity contribution in [3.05, 3.63) is 30.1 Å². The van der Waals surface area contributed by atoms with Crippen molar-refractivity contribution in [1.82, 2.24) is 9.80 Å². The number of likely N-dealkylation sites (tertiary alicyclic amines) is 1. The molecule has 0 aromatic heterocycles. The third-order valence-corrected chi connectivity index (χ3v) is 4.29. The maximum Gasteiger partial charge on any atom is 0.225 e. The Balaban J connectivity index is 1.71. The number of rotatable bonds is 7. The Bertz CT molecular complexity index is 509. The number of carbonyl (C=O) groups is 1. The van der Waals surface area contributed by atoms with Crippen molar-refractivity contribution in [2.24, 2.45) is 0 Å². The van der Waals surface area contributed by atoms with Crippen LogP contribution in [0.3, 0.4) is 0 Å². The number of benzene rings is 1. The Hall–Kier alpha value is -1.66. The summed E-state index contributed by atoms with van der Waals surface area (Å²) in [5.74, 6) is 0.310. The minimum Gasteiger partial charge on any atom is -0.493 e. The quantitative estimate of drug-likeness (QED) is 0.767. The van der Waals surface area contributed by atoms with Crippen LogP contribution in [0.5, 0.6) is 5.75 Å². The van der Waals surface area contributed by atoms with Crippen LogP contribution < -0.4 is 4.74 Å². The van der Waals surface area contributed by atoms with Crippen LogP contribution in [0.15, 0.2) is 24.3 Å². The molecule has 0 saturated carbocycles.